The maximum absolute atomic E-state index is 13.2. The molecular weight excluding hydrogens is 275 g/mol. The van der Waals surface area contributed by atoms with E-state index in [1.807, 2.05) is 0 Å². The molecule has 1 nitrogen and oxygen atoms in total. The van der Waals surface area contributed by atoms with E-state index in [2.05, 4.69) is 5.32 Å². The van der Waals surface area contributed by atoms with Crippen molar-refractivity contribution in [2.45, 2.75) is 13.0 Å². The van der Waals surface area contributed by atoms with Gasteiger partial charge in [-0.05, 0) is 42.8 Å². The van der Waals surface area contributed by atoms with Gasteiger partial charge in [0.25, 0.3) is 0 Å². The third kappa shape index (κ3) is 3.41. The summed E-state index contributed by atoms with van der Waals surface area (Å²) in [7, 11) is 0. The van der Waals surface area contributed by atoms with Crippen LogP contribution in [0.4, 0.5) is 18.9 Å². The van der Waals surface area contributed by atoms with Gasteiger partial charge in [0.1, 0.15) is 5.82 Å². The molecular formula is C14H11ClF3N. The highest BCUT2D eigenvalue weighted by atomic mass is 35.5. The molecule has 100 valence electrons. The molecule has 2 aromatic rings. The predicted molar refractivity (Wildman–Crippen MR) is 69.8 cm³/mol. The fraction of sp³-hybridized carbons (Fsp3) is 0.143. The minimum Gasteiger partial charge on any atom is -0.378 e. The van der Waals surface area contributed by atoms with E-state index in [-0.39, 0.29) is 11.1 Å². The van der Waals surface area contributed by atoms with Gasteiger partial charge in [-0.1, -0.05) is 17.7 Å². The Balaban J connectivity index is 2.20. The smallest absolute Gasteiger partial charge is 0.159 e. The van der Waals surface area contributed by atoms with Crippen molar-refractivity contribution in [3.63, 3.8) is 0 Å². The van der Waals surface area contributed by atoms with Gasteiger partial charge < -0.3 is 5.32 Å². The summed E-state index contributed by atoms with van der Waals surface area (Å²) < 4.78 is 39.1. The van der Waals surface area contributed by atoms with E-state index >= 15 is 0 Å². The van der Waals surface area contributed by atoms with Crippen LogP contribution in [0.5, 0.6) is 0 Å². The molecule has 0 aliphatic heterocycles. The summed E-state index contributed by atoms with van der Waals surface area (Å²) >= 11 is 5.74. The van der Waals surface area contributed by atoms with Crippen molar-refractivity contribution in [3.05, 3.63) is 64.4 Å². The number of nitrogens with one attached hydrogen (secondary N) is 1. The lowest BCUT2D eigenvalue weighted by Crippen LogP contribution is -2.07. The fourth-order valence-electron chi connectivity index (χ4n) is 1.75. The maximum Gasteiger partial charge on any atom is 0.159 e. The summed E-state index contributed by atoms with van der Waals surface area (Å²) in [5, 5.41) is 3.24. The van der Waals surface area contributed by atoms with Crippen LogP contribution >= 0.6 is 11.6 Å². The van der Waals surface area contributed by atoms with Gasteiger partial charge in [0.2, 0.25) is 0 Å². The molecule has 0 saturated carbocycles. The number of rotatable bonds is 3. The van der Waals surface area contributed by atoms with E-state index in [0.717, 1.165) is 12.1 Å². The molecule has 19 heavy (non-hydrogen) atoms. The van der Waals surface area contributed by atoms with Crippen molar-refractivity contribution in [3.8, 4) is 0 Å². The maximum atomic E-state index is 13.2. The normalized spacial score (nSPS) is 12.3. The van der Waals surface area contributed by atoms with Gasteiger partial charge >= 0.3 is 0 Å². The van der Waals surface area contributed by atoms with Crippen LogP contribution in [-0.4, -0.2) is 0 Å². The van der Waals surface area contributed by atoms with Crippen LogP contribution < -0.4 is 5.32 Å². The van der Waals surface area contributed by atoms with E-state index in [4.69, 9.17) is 11.6 Å². The minimum absolute atomic E-state index is 0.264. The quantitative estimate of drug-likeness (QED) is 0.843. The van der Waals surface area contributed by atoms with Crippen molar-refractivity contribution in [1.29, 1.82) is 0 Å². The van der Waals surface area contributed by atoms with Gasteiger partial charge in [0.15, 0.2) is 11.6 Å². The van der Waals surface area contributed by atoms with E-state index < -0.39 is 17.5 Å². The van der Waals surface area contributed by atoms with Crippen molar-refractivity contribution >= 4 is 17.3 Å². The molecule has 5 heteroatoms. The summed E-state index contributed by atoms with van der Waals surface area (Å²) in [6.45, 7) is 1.76. The summed E-state index contributed by atoms with van der Waals surface area (Å²) in [5.74, 6) is -2.28. The standard InChI is InChI=1S/C14H11ClF3N/c1-8(9-2-3-13(17)14(18)4-9)19-12-6-10(15)5-11(16)7-12/h2-8,19H,1H3. The third-order valence-corrected chi connectivity index (χ3v) is 2.91. The highest BCUT2D eigenvalue weighted by Crippen LogP contribution is 2.24. The highest BCUT2D eigenvalue weighted by molar-refractivity contribution is 6.30. The summed E-state index contributed by atoms with van der Waals surface area (Å²) in [4.78, 5) is 0. The second kappa shape index (κ2) is 5.53. The average Bonchev–Trinajstić information content (AvgIpc) is 2.31. The lowest BCUT2D eigenvalue weighted by atomic mass is 10.1. The molecule has 0 saturated heterocycles. The molecule has 1 N–H and O–H groups in total. The van der Waals surface area contributed by atoms with Crippen molar-refractivity contribution in [2.75, 3.05) is 5.32 Å². The van der Waals surface area contributed by atoms with Crippen LogP contribution in [0.1, 0.15) is 18.5 Å². The van der Waals surface area contributed by atoms with Crippen LogP contribution in [0.3, 0.4) is 0 Å². The van der Waals surface area contributed by atoms with Crippen LogP contribution in [-0.2, 0) is 0 Å². The van der Waals surface area contributed by atoms with E-state index in [1.54, 1.807) is 13.0 Å². The van der Waals surface area contributed by atoms with Crippen LogP contribution in [0.25, 0.3) is 0 Å². The molecule has 1 atom stereocenters. The van der Waals surface area contributed by atoms with Crippen molar-refractivity contribution in [1.82, 2.24) is 0 Å². The van der Waals surface area contributed by atoms with Gasteiger partial charge in [-0.2, -0.15) is 0 Å². The summed E-state index contributed by atoms with van der Waals surface area (Å²) in [6.07, 6.45) is 0. The first-order chi connectivity index (χ1) is 8.95. The molecule has 0 radical (unpaired) electrons. The Labute approximate surface area is 114 Å². The van der Waals surface area contributed by atoms with E-state index in [0.29, 0.717) is 11.3 Å². The number of hydrogen-bond acceptors (Lipinski definition) is 1. The summed E-state index contributed by atoms with van der Waals surface area (Å²) in [5.41, 5.74) is 1.03. The minimum atomic E-state index is -0.913. The van der Waals surface area contributed by atoms with Crippen molar-refractivity contribution < 1.29 is 13.2 Å². The lowest BCUT2D eigenvalue weighted by Gasteiger charge is -2.16. The first kappa shape index (κ1) is 13.7. The predicted octanol–water partition coefficient (Wildman–Crippen LogP) is 4.93. The zero-order valence-electron chi connectivity index (χ0n) is 10.1. The van der Waals surface area contributed by atoms with Gasteiger partial charge in [0, 0.05) is 16.8 Å². The number of anilines is 1. The Morgan fingerprint density at radius 1 is 1.00 bits per heavy atom. The molecule has 1 unspecified atom stereocenters. The molecule has 0 fully saturated rings. The number of hydrogen-bond donors (Lipinski definition) is 1. The Hall–Kier alpha value is -1.68. The zero-order chi connectivity index (χ0) is 14.0. The molecule has 0 aliphatic carbocycles. The van der Waals surface area contributed by atoms with E-state index in [1.165, 1.54) is 18.2 Å². The second-order valence-corrected chi connectivity index (χ2v) is 4.63. The Morgan fingerprint density at radius 2 is 1.74 bits per heavy atom. The Morgan fingerprint density at radius 3 is 2.37 bits per heavy atom. The molecule has 0 bridgehead atoms. The molecule has 0 heterocycles. The first-order valence-electron chi connectivity index (χ1n) is 5.63. The Bertz CT molecular complexity index is 581. The molecule has 2 aromatic carbocycles. The van der Waals surface area contributed by atoms with Gasteiger partial charge in [0.05, 0.1) is 0 Å². The summed E-state index contributed by atoms with van der Waals surface area (Å²) in [6, 6.07) is 7.35. The fourth-order valence-corrected chi connectivity index (χ4v) is 1.97. The SMILES string of the molecule is CC(Nc1cc(F)cc(Cl)c1)c1ccc(F)c(F)c1. The van der Waals surface area contributed by atoms with Gasteiger partial charge in [-0.25, -0.2) is 13.2 Å². The van der Waals surface area contributed by atoms with Crippen LogP contribution in [0.2, 0.25) is 5.02 Å². The molecule has 0 amide bonds. The average molecular weight is 286 g/mol. The zero-order valence-corrected chi connectivity index (χ0v) is 10.8. The topological polar surface area (TPSA) is 12.0 Å². The Kier molecular flexibility index (Phi) is 4.00. The van der Waals surface area contributed by atoms with Crippen LogP contribution in [0.15, 0.2) is 36.4 Å². The van der Waals surface area contributed by atoms with Crippen LogP contribution in [0, 0.1) is 17.5 Å². The van der Waals surface area contributed by atoms with E-state index in [9.17, 15) is 13.2 Å². The second-order valence-electron chi connectivity index (χ2n) is 4.20. The monoisotopic (exact) mass is 285 g/mol. The lowest BCUT2D eigenvalue weighted by molar-refractivity contribution is 0.506. The molecule has 0 aliphatic rings. The van der Waals surface area contributed by atoms with Gasteiger partial charge in [-0.15, -0.1) is 0 Å². The molecule has 0 spiro atoms. The number of halogens is 4. The number of benzene rings is 2. The van der Waals surface area contributed by atoms with Crippen molar-refractivity contribution in [2.24, 2.45) is 0 Å². The van der Waals surface area contributed by atoms with Gasteiger partial charge in [-0.3, -0.25) is 0 Å². The molecule has 0 aromatic heterocycles. The largest absolute Gasteiger partial charge is 0.378 e. The highest BCUT2D eigenvalue weighted by Gasteiger charge is 2.10. The third-order valence-electron chi connectivity index (χ3n) is 2.69. The first-order valence-corrected chi connectivity index (χ1v) is 6.01. The molecule has 2 rings (SSSR count).